The number of hydrogen-bond acceptors (Lipinski definition) is 4. The van der Waals surface area contributed by atoms with Crippen LogP contribution in [0.1, 0.15) is 104 Å². The van der Waals surface area contributed by atoms with E-state index in [0.717, 1.165) is 38.0 Å². The first-order chi connectivity index (χ1) is 13.2. The smallest absolute Gasteiger partial charge is 0.333 e. The number of carbonyl (C=O) groups is 2. The van der Waals surface area contributed by atoms with Crippen LogP contribution in [0.15, 0.2) is 24.5 Å². The van der Waals surface area contributed by atoms with Crippen molar-refractivity contribution in [3.63, 3.8) is 0 Å². The maximum absolute atomic E-state index is 11.5. The molecule has 27 heavy (non-hydrogen) atoms. The summed E-state index contributed by atoms with van der Waals surface area (Å²) in [6.07, 6.45) is 23.3. The summed E-state index contributed by atoms with van der Waals surface area (Å²) in [6.45, 7) is 4.29. The maximum Gasteiger partial charge on any atom is 0.333 e. The first-order valence-corrected chi connectivity index (χ1v) is 10.9. The SMILES string of the molecule is CCCCCCCC/C=C\CCCCCCCC(=O)O/C=C\C(=O)OCC. The van der Waals surface area contributed by atoms with E-state index in [1.165, 1.54) is 57.8 Å². The van der Waals surface area contributed by atoms with Gasteiger partial charge in [0.15, 0.2) is 0 Å². The molecule has 0 radical (unpaired) electrons. The third-order valence-corrected chi connectivity index (χ3v) is 4.33. The first kappa shape index (κ1) is 25.4. The Morgan fingerprint density at radius 2 is 1.30 bits per heavy atom. The molecule has 0 fully saturated rings. The van der Waals surface area contributed by atoms with Crippen LogP contribution < -0.4 is 0 Å². The molecule has 0 saturated heterocycles. The van der Waals surface area contributed by atoms with Crippen molar-refractivity contribution in [2.45, 2.75) is 104 Å². The van der Waals surface area contributed by atoms with Crippen LogP contribution in [0.3, 0.4) is 0 Å². The van der Waals surface area contributed by atoms with Gasteiger partial charge in [0.25, 0.3) is 0 Å². The van der Waals surface area contributed by atoms with Gasteiger partial charge in [-0.3, -0.25) is 4.79 Å². The Kier molecular flexibility index (Phi) is 19.5. The molecule has 4 nitrogen and oxygen atoms in total. The Bertz CT molecular complexity index is 413. The van der Waals surface area contributed by atoms with Crippen LogP contribution in [0.2, 0.25) is 0 Å². The van der Waals surface area contributed by atoms with Crippen molar-refractivity contribution in [2.75, 3.05) is 6.61 Å². The Morgan fingerprint density at radius 3 is 1.89 bits per heavy atom. The molecule has 0 N–H and O–H groups in total. The lowest BCUT2D eigenvalue weighted by atomic mass is 10.1. The van der Waals surface area contributed by atoms with Gasteiger partial charge >= 0.3 is 11.9 Å². The molecule has 0 aliphatic heterocycles. The predicted octanol–water partition coefficient (Wildman–Crippen LogP) is 6.64. The van der Waals surface area contributed by atoms with Crippen molar-refractivity contribution in [3.05, 3.63) is 24.5 Å². The van der Waals surface area contributed by atoms with Crippen molar-refractivity contribution in [2.24, 2.45) is 0 Å². The summed E-state index contributed by atoms with van der Waals surface area (Å²) in [5.41, 5.74) is 0. The van der Waals surface area contributed by atoms with E-state index in [4.69, 9.17) is 9.47 Å². The molecule has 0 unspecified atom stereocenters. The van der Waals surface area contributed by atoms with E-state index >= 15 is 0 Å². The highest BCUT2D eigenvalue weighted by atomic mass is 16.5. The van der Waals surface area contributed by atoms with Crippen LogP contribution in [-0.4, -0.2) is 18.5 Å². The predicted molar refractivity (Wildman–Crippen MR) is 111 cm³/mol. The van der Waals surface area contributed by atoms with Crippen molar-refractivity contribution in [3.8, 4) is 0 Å². The van der Waals surface area contributed by atoms with Gasteiger partial charge in [-0.15, -0.1) is 0 Å². The molecule has 0 rings (SSSR count). The lowest BCUT2D eigenvalue weighted by molar-refractivity contribution is -0.138. The van der Waals surface area contributed by atoms with Crippen LogP contribution in [0.4, 0.5) is 0 Å². The monoisotopic (exact) mass is 380 g/mol. The Balaban J connectivity index is 3.33. The fraction of sp³-hybridized carbons (Fsp3) is 0.739. The van der Waals surface area contributed by atoms with Crippen LogP contribution in [-0.2, 0) is 19.1 Å². The van der Waals surface area contributed by atoms with Gasteiger partial charge in [-0.1, -0.05) is 70.4 Å². The van der Waals surface area contributed by atoms with E-state index in [1.54, 1.807) is 6.92 Å². The zero-order chi connectivity index (χ0) is 20.0. The van der Waals surface area contributed by atoms with E-state index in [2.05, 4.69) is 19.1 Å². The van der Waals surface area contributed by atoms with Gasteiger partial charge in [-0.05, 0) is 39.0 Å². The molecule has 0 bridgehead atoms. The summed E-state index contributed by atoms with van der Waals surface area (Å²) < 4.78 is 9.54. The summed E-state index contributed by atoms with van der Waals surface area (Å²) in [5, 5.41) is 0. The van der Waals surface area contributed by atoms with Gasteiger partial charge in [0.05, 0.1) is 12.7 Å². The molecule has 0 saturated carbocycles. The van der Waals surface area contributed by atoms with Gasteiger partial charge in [-0.2, -0.15) is 0 Å². The summed E-state index contributed by atoms with van der Waals surface area (Å²) in [4.78, 5) is 22.5. The molecule has 0 aromatic heterocycles. The highest BCUT2D eigenvalue weighted by Crippen LogP contribution is 2.10. The molecule has 0 amide bonds. The third kappa shape index (κ3) is 20.6. The van der Waals surface area contributed by atoms with Crippen molar-refractivity contribution >= 4 is 11.9 Å². The van der Waals surface area contributed by atoms with Crippen LogP contribution in [0, 0.1) is 0 Å². The average Bonchev–Trinajstić information content (AvgIpc) is 2.65. The van der Waals surface area contributed by atoms with Gasteiger partial charge in [-0.25, -0.2) is 4.79 Å². The van der Waals surface area contributed by atoms with Gasteiger partial charge < -0.3 is 9.47 Å². The molecule has 0 aliphatic rings. The lowest BCUT2D eigenvalue weighted by Gasteiger charge is -2.01. The molecule has 4 heteroatoms. The number of esters is 2. The topological polar surface area (TPSA) is 52.6 Å². The van der Waals surface area contributed by atoms with E-state index in [1.807, 2.05) is 0 Å². The van der Waals surface area contributed by atoms with E-state index < -0.39 is 5.97 Å². The van der Waals surface area contributed by atoms with Crippen molar-refractivity contribution in [1.82, 2.24) is 0 Å². The lowest BCUT2D eigenvalue weighted by Crippen LogP contribution is -2.02. The van der Waals surface area contributed by atoms with Crippen LogP contribution >= 0.6 is 0 Å². The van der Waals surface area contributed by atoms with Gasteiger partial charge in [0, 0.05) is 6.42 Å². The largest absolute Gasteiger partial charge is 0.463 e. The second-order valence-corrected chi connectivity index (χ2v) is 6.88. The molecule has 0 spiro atoms. The Hall–Kier alpha value is -1.58. The standard InChI is InChI=1S/C23H40O4/c1-3-5-6-7-8-9-10-11-12-13-14-15-16-17-18-19-22(24)27-21-20-23(25)26-4-2/h11-12,20-21H,3-10,13-19H2,1-2H3/b12-11-,21-20-. The second kappa shape index (κ2) is 20.7. The fourth-order valence-corrected chi connectivity index (χ4v) is 2.75. The summed E-state index contributed by atoms with van der Waals surface area (Å²) in [5.74, 6) is -0.792. The molecule has 156 valence electrons. The number of rotatable bonds is 18. The quantitative estimate of drug-likeness (QED) is 0.0878. The number of unbranched alkanes of at least 4 members (excludes halogenated alkanes) is 11. The molecular formula is C23H40O4. The Labute approximate surface area is 166 Å². The number of hydrogen-bond donors (Lipinski definition) is 0. The maximum atomic E-state index is 11.5. The van der Waals surface area contributed by atoms with Crippen LogP contribution in [0.25, 0.3) is 0 Å². The fourth-order valence-electron chi connectivity index (χ4n) is 2.75. The third-order valence-electron chi connectivity index (χ3n) is 4.33. The molecule has 0 aromatic rings. The van der Waals surface area contributed by atoms with Crippen molar-refractivity contribution < 1.29 is 19.1 Å². The molecule has 0 aliphatic carbocycles. The molecule has 0 aromatic carbocycles. The molecule has 0 atom stereocenters. The van der Waals surface area contributed by atoms with E-state index in [9.17, 15) is 9.59 Å². The first-order valence-electron chi connectivity index (χ1n) is 10.9. The number of carbonyl (C=O) groups excluding carboxylic acids is 2. The van der Waals surface area contributed by atoms with Crippen molar-refractivity contribution in [1.29, 1.82) is 0 Å². The molecular weight excluding hydrogens is 340 g/mol. The Morgan fingerprint density at radius 1 is 0.741 bits per heavy atom. The minimum Gasteiger partial charge on any atom is -0.463 e. The second-order valence-electron chi connectivity index (χ2n) is 6.88. The number of allylic oxidation sites excluding steroid dienone is 2. The highest BCUT2D eigenvalue weighted by molar-refractivity contribution is 5.82. The summed E-state index contributed by atoms with van der Waals surface area (Å²) in [7, 11) is 0. The minimum absolute atomic E-state index is 0.298. The number of ether oxygens (including phenoxy) is 2. The van der Waals surface area contributed by atoms with E-state index in [0.29, 0.717) is 13.0 Å². The average molecular weight is 381 g/mol. The zero-order valence-corrected chi connectivity index (χ0v) is 17.5. The summed E-state index contributed by atoms with van der Waals surface area (Å²) in [6, 6.07) is 0. The van der Waals surface area contributed by atoms with Gasteiger partial charge in [0.1, 0.15) is 6.26 Å². The minimum atomic E-state index is -0.494. The normalized spacial score (nSPS) is 11.3. The highest BCUT2D eigenvalue weighted by Gasteiger charge is 2.01. The molecule has 0 heterocycles. The van der Waals surface area contributed by atoms with Gasteiger partial charge in [0.2, 0.25) is 0 Å². The zero-order valence-electron chi connectivity index (χ0n) is 17.5. The van der Waals surface area contributed by atoms with Crippen LogP contribution in [0.5, 0.6) is 0 Å². The summed E-state index contributed by atoms with van der Waals surface area (Å²) >= 11 is 0. The van der Waals surface area contributed by atoms with E-state index in [-0.39, 0.29) is 5.97 Å².